The van der Waals surface area contributed by atoms with Gasteiger partial charge < -0.3 is 0 Å². The third-order valence-electron chi connectivity index (χ3n) is 9.89. The van der Waals surface area contributed by atoms with E-state index in [1.807, 2.05) is 18.5 Å². The summed E-state index contributed by atoms with van der Waals surface area (Å²) in [6.45, 7) is 0. The monoisotopic (exact) mass is 608 g/mol. The fourth-order valence-corrected chi connectivity index (χ4v) is 7.46. The van der Waals surface area contributed by atoms with Crippen LogP contribution in [0.25, 0.3) is 98.3 Å². The summed E-state index contributed by atoms with van der Waals surface area (Å²) in [4.78, 5) is 9.42. The molecule has 0 amide bonds. The summed E-state index contributed by atoms with van der Waals surface area (Å²) < 4.78 is 0. The fraction of sp³-hybridized carbons (Fsp3) is 0. The summed E-state index contributed by atoms with van der Waals surface area (Å²) in [6.07, 6.45) is 3.80. The maximum Gasteiger partial charge on any atom is 0.0964 e. The molecule has 10 aromatic rings. The van der Waals surface area contributed by atoms with E-state index >= 15 is 0 Å². The molecule has 0 aliphatic carbocycles. The highest BCUT2D eigenvalue weighted by Crippen LogP contribution is 2.38. The zero-order valence-electron chi connectivity index (χ0n) is 26.1. The topological polar surface area (TPSA) is 25.8 Å². The summed E-state index contributed by atoms with van der Waals surface area (Å²) in [5.74, 6) is 0. The van der Waals surface area contributed by atoms with Crippen molar-refractivity contribution in [3.05, 3.63) is 170 Å². The lowest BCUT2D eigenvalue weighted by Gasteiger charge is -2.13. The molecule has 48 heavy (non-hydrogen) atoms. The van der Waals surface area contributed by atoms with E-state index in [0.717, 1.165) is 32.9 Å². The minimum absolute atomic E-state index is 0.940. The first-order valence-electron chi connectivity index (χ1n) is 16.4. The summed E-state index contributed by atoms with van der Waals surface area (Å²) in [5, 5.41) is 12.3. The van der Waals surface area contributed by atoms with Crippen LogP contribution >= 0.6 is 0 Å². The molecule has 2 nitrogen and oxygen atoms in total. The van der Waals surface area contributed by atoms with Crippen LogP contribution in [0.2, 0.25) is 0 Å². The van der Waals surface area contributed by atoms with Crippen LogP contribution in [-0.4, -0.2) is 9.97 Å². The molecule has 0 saturated carbocycles. The number of rotatable bonds is 3. The zero-order chi connectivity index (χ0) is 31.6. The Morgan fingerprint density at radius 2 is 0.854 bits per heavy atom. The lowest BCUT2D eigenvalue weighted by atomic mass is 9.91. The summed E-state index contributed by atoms with van der Waals surface area (Å²) in [7, 11) is 0. The maximum atomic E-state index is 4.84. The second kappa shape index (κ2) is 10.6. The molecular formula is C46H28N2. The van der Waals surface area contributed by atoms with Crippen molar-refractivity contribution in [3.8, 4) is 33.4 Å². The van der Waals surface area contributed by atoms with E-state index in [1.165, 1.54) is 65.3 Å². The van der Waals surface area contributed by atoms with Gasteiger partial charge in [0, 0.05) is 28.7 Å². The largest absolute Gasteiger partial charge is 0.254 e. The average molecular weight is 609 g/mol. The third kappa shape index (κ3) is 4.27. The van der Waals surface area contributed by atoms with Gasteiger partial charge in [0.05, 0.1) is 11.0 Å². The van der Waals surface area contributed by atoms with Crippen LogP contribution < -0.4 is 0 Å². The smallest absolute Gasteiger partial charge is 0.0964 e. The fourth-order valence-electron chi connectivity index (χ4n) is 7.46. The molecule has 8 aromatic carbocycles. The second-order valence-electron chi connectivity index (χ2n) is 12.6. The van der Waals surface area contributed by atoms with Gasteiger partial charge >= 0.3 is 0 Å². The standard InChI is InChI=1S/C46H28N2/c1-2-9-39-29(6-1)7-3-10-40(39)41-11-4-12-42-43(41)22-21-30-13-15-36(27-44(30)42)34-17-16-33-25-35(19-18-32(33)24-34)38-26-37-20-14-31-8-5-23-47-45(31)46(37)48-28-38/h1-28H. The van der Waals surface area contributed by atoms with Gasteiger partial charge in [-0.15, -0.1) is 0 Å². The molecular weight excluding hydrogens is 581 g/mol. The number of fused-ring (bicyclic) bond motifs is 8. The molecule has 0 unspecified atom stereocenters. The number of aromatic nitrogens is 2. The van der Waals surface area contributed by atoms with Crippen LogP contribution in [0.15, 0.2) is 170 Å². The molecule has 0 aliphatic rings. The van der Waals surface area contributed by atoms with Crippen molar-refractivity contribution in [2.75, 3.05) is 0 Å². The van der Waals surface area contributed by atoms with Crippen molar-refractivity contribution in [1.29, 1.82) is 0 Å². The second-order valence-corrected chi connectivity index (χ2v) is 12.6. The third-order valence-corrected chi connectivity index (χ3v) is 9.89. The predicted molar refractivity (Wildman–Crippen MR) is 203 cm³/mol. The summed E-state index contributed by atoms with van der Waals surface area (Å²) in [5.41, 5.74) is 9.12. The Hall–Kier alpha value is -6.38. The van der Waals surface area contributed by atoms with Gasteiger partial charge in [0.15, 0.2) is 0 Å². The molecule has 2 aromatic heterocycles. The number of hydrogen-bond acceptors (Lipinski definition) is 2. The van der Waals surface area contributed by atoms with Crippen LogP contribution in [0.3, 0.4) is 0 Å². The van der Waals surface area contributed by atoms with Crippen molar-refractivity contribution >= 4 is 64.9 Å². The number of benzene rings is 8. The number of pyridine rings is 2. The number of nitrogens with zero attached hydrogens (tertiary/aromatic N) is 2. The molecule has 2 heterocycles. The quantitative estimate of drug-likeness (QED) is 0.187. The Bertz CT molecular complexity index is 2900. The van der Waals surface area contributed by atoms with E-state index in [-0.39, 0.29) is 0 Å². The highest BCUT2D eigenvalue weighted by atomic mass is 14.7. The van der Waals surface area contributed by atoms with E-state index in [1.54, 1.807) is 0 Å². The van der Waals surface area contributed by atoms with E-state index < -0.39 is 0 Å². The van der Waals surface area contributed by atoms with E-state index in [2.05, 4.69) is 157 Å². The molecule has 0 aliphatic heterocycles. The Morgan fingerprint density at radius 1 is 0.292 bits per heavy atom. The van der Waals surface area contributed by atoms with E-state index in [4.69, 9.17) is 4.98 Å². The minimum Gasteiger partial charge on any atom is -0.254 e. The molecule has 222 valence electrons. The lowest BCUT2D eigenvalue weighted by Crippen LogP contribution is -1.87. The normalized spacial score (nSPS) is 11.8. The van der Waals surface area contributed by atoms with Crippen molar-refractivity contribution in [1.82, 2.24) is 9.97 Å². The molecule has 0 radical (unpaired) electrons. The molecule has 0 atom stereocenters. The van der Waals surface area contributed by atoms with Gasteiger partial charge in [-0.25, -0.2) is 0 Å². The van der Waals surface area contributed by atoms with Crippen LogP contribution in [0.5, 0.6) is 0 Å². The molecule has 0 bridgehead atoms. The van der Waals surface area contributed by atoms with Gasteiger partial charge in [-0.3, -0.25) is 9.97 Å². The predicted octanol–water partition coefficient (Wildman–Crippen LogP) is 12.4. The molecule has 0 N–H and O–H groups in total. The Balaban J connectivity index is 1.04. The molecule has 2 heteroatoms. The van der Waals surface area contributed by atoms with Gasteiger partial charge in [0.2, 0.25) is 0 Å². The SMILES string of the molecule is c1ccc2c(-c3cccc4c3ccc3ccc(-c5ccc6cc(-c7cnc8c(ccc9cccnc98)c7)ccc6c5)cc34)cccc2c1. The van der Waals surface area contributed by atoms with Crippen LogP contribution in [0.1, 0.15) is 0 Å². The van der Waals surface area contributed by atoms with E-state index in [9.17, 15) is 0 Å². The van der Waals surface area contributed by atoms with Crippen LogP contribution in [0, 0.1) is 0 Å². The van der Waals surface area contributed by atoms with E-state index in [0.29, 0.717) is 0 Å². The first kappa shape index (κ1) is 26.8. The van der Waals surface area contributed by atoms with Gasteiger partial charge in [-0.2, -0.15) is 0 Å². The zero-order valence-corrected chi connectivity index (χ0v) is 26.1. The van der Waals surface area contributed by atoms with Crippen molar-refractivity contribution in [3.63, 3.8) is 0 Å². The Kier molecular flexibility index (Phi) is 5.91. The average Bonchev–Trinajstić information content (AvgIpc) is 3.16. The first-order chi connectivity index (χ1) is 23.8. The van der Waals surface area contributed by atoms with Crippen molar-refractivity contribution < 1.29 is 0 Å². The Labute approximate surface area is 277 Å². The first-order valence-corrected chi connectivity index (χ1v) is 16.4. The van der Waals surface area contributed by atoms with Gasteiger partial charge in [-0.1, -0.05) is 127 Å². The Morgan fingerprint density at radius 3 is 1.73 bits per heavy atom. The molecule has 0 fully saturated rings. The molecule has 0 saturated heterocycles. The summed E-state index contributed by atoms with van der Waals surface area (Å²) in [6, 6.07) is 57.4. The minimum atomic E-state index is 0.940. The van der Waals surface area contributed by atoms with Crippen LogP contribution in [0.4, 0.5) is 0 Å². The number of hydrogen-bond donors (Lipinski definition) is 0. The lowest BCUT2D eigenvalue weighted by molar-refractivity contribution is 1.37. The van der Waals surface area contributed by atoms with Crippen molar-refractivity contribution in [2.45, 2.75) is 0 Å². The maximum absolute atomic E-state index is 4.84. The van der Waals surface area contributed by atoms with Gasteiger partial charge in [0.1, 0.15) is 0 Å². The highest BCUT2D eigenvalue weighted by Gasteiger charge is 2.12. The summed E-state index contributed by atoms with van der Waals surface area (Å²) >= 11 is 0. The molecule has 0 spiro atoms. The van der Waals surface area contributed by atoms with Crippen LogP contribution in [-0.2, 0) is 0 Å². The van der Waals surface area contributed by atoms with Crippen molar-refractivity contribution in [2.24, 2.45) is 0 Å². The van der Waals surface area contributed by atoms with Gasteiger partial charge in [-0.05, 0) is 101 Å². The van der Waals surface area contributed by atoms with Gasteiger partial charge in [0.25, 0.3) is 0 Å². The molecule has 10 rings (SSSR count). The highest BCUT2D eigenvalue weighted by molar-refractivity contribution is 6.15.